The Bertz CT molecular complexity index is 331. The van der Waals surface area contributed by atoms with E-state index >= 15 is 0 Å². The predicted octanol–water partition coefficient (Wildman–Crippen LogP) is 3.19. The molecule has 16 heavy (non-hydrogen) atoms. The van der Waals surface area contributed by atoms with Crippen LogP contribution in [0.25, 0.3) is 0 Å². The molecule has 1 aromatic carbocycles. The van der Waals surface area contributed by atoms with Gasteiger partial charge < -0.3 is 10.1 Å². The molecule has 1 aromatic rings. The molecule has 0 spiro atoms. The zero-order chi connectivity index (χ0) is 12.0. The van der Waals surface area contributed by atoms with E-state index < -0.39 is 6.67 Å². The Labute approximate surface area is 101 Å². The number of ether oxygens (including phenoxy) is 1. The summed E-state index contributed by atoms with van der Waals surface area (Å²) < 4.78 is 17.1. The van der Waals surface area contributed by atoms with Crippen molar-refractivity contribution >= 4 is 11.6 Å². The van der Waals surface area contributed by atoms with Crippen LogP contribution in [-0.2, 0) is 6.54 Å². The van der Waals surface area contributed by atoms with E-state index in [2.05, 4.69) is 19.2 Å². The minimum atomic E-state index is -0.507. The van der Waals surface area contributed by atoms with Gasteiger partial charge in [-0.3, -0.25) is 0 Å². The lowest BCUT2D eigenvalue weighted by molar-refractivity contribution is 0.273. The summed E-state index contributed by atoms with van der Waals surface area (Å²) in [4.78, 5) is 0. The van der Waals surface area contributed by atoms with Gasteiger partial charge in [-0.1, -0.05) is 31.5 Å². The second-order valence-corrected chi connectivity index (χ2v) is 4.25. The highest BCUT2D eigenvalue weighted by molar-refractivity contribution is 6.32. The normalized spacial score (nSPS) is 10.8. The monoisotopic (exact) mass is 245 g/mol. The molecule has 0 saturated heterocycles. The van der Waals surface area contributed by atoms with E-state index in [4.69, 9.17) is 16.3 Å². The first-order chi connectivity index (χ1) is 7.63. The average molecular weight is 246 g/mol. The molecule has 2 nitrogen and oxygen atoms in total. The maximum absolute atomic E-state index is 11.9. The molecule has 1 N–H and O–H groups in total. The van der Waals surface area contributed by atoms with Crippen LogP contribution in [0.5, 0.6) is 5.75 Å². The van der Waals surface area contributed by atoms with Crippen molar-refractivity contribution in [3.8, 4) is 5.75 Å². The minimum absolute atomic E-state index is 0.0450. The fraction of sp³-hybridized carbons (Fsp3) is 0.500. The van der Waals surface area contributed by atoms with Crippen molar-refractivity contribution in [2.75, 3.05) is 13.3 Å². The molecule has 0 radical (unpaired) electrons. The molecule has 0 bridgehead atoms. The van der Waals surface area contributed by atoms with E-state index in [1.807, 2.05) is 12.1 Å². The number of nitrogens with one attached hydrogen (secondary N) is 1. The average Bonchev–Trinajstić information content (AvgIpc) is 2.25. The molecular weight excluding hydrogens is 229 g/mol. The third-order valence-corrected chi connectivity index (χ3v) is 2.34. The van der Waals surface area contributed by atoms with Crippen LogP contribution >= 0.6 is 11.6 Å². The van der Waals surface area contributed by atoms with Crippen molar-refractivity contribution in [2.24, 2.45) is 0 Å². The second-order valence-electron chi connectivity index (χ2n) is 3.84. The van der Waals surface area contributed by atoms with Crippen LogP contribution in [0.2, 0.25) is 5.02 Å². The second kappa shape index (κ2) is 6.71. The molecule has 0 fully saturated rings. The summed E-state index contributed by atoms with van der Waals surface area (Å²) in [5, 5.41) is 3.82. The van der Waals surface area contributed by atoms with Crippen LogP contribution in [0, 0.1) is 0 Å². The molecule has 4 heteroatoms. The smallest absolute Gasteiger partial charge is 0.138 e. The standard InChI is InChI=1S/C12H17ClFNO/c1-9(2)15-8-10-3-4-12(11(13)7-10)16-6-5-14/h3-4,7,9,15H,5-6,8H2,1-2H3. The SMILES string of the molecule is CC(C)NCc1ccc(OCCF)c(Cl)c1. The van der Waals surface area contributed by atoms with E-state index in [9.17, 15) is 4.39 Å². The van der Waals surface area contributed by atoms with E-state index in [-0.39, 0.29) is 6.61 Å². The lowest BCUT2D eigenvalue weighted by atomic mass is 10.2. The maximum atomic E-state index is 11.9. The number of hydrogen-bond acceptors (Lipinski definition) is 2. The molecule has 0 atom stereocenters. The highest BCUT2D eigenvalue weighted by atomic mass is 35.5. The van der Waals surface area contributed by atoms with Crippen LogP contribution < -0.4 is 10.1 Å². The first-order valence-electron chi connectivity index (χ1n) is 5.34. The van der Waals surface area contributed by atoms with Crippen LogP contribution in [-0.4, -0.2) is 19.3 Å². The molecule has 90 valence electrons. The van der Waals surface area contributed by atoms with Gasteiger partial charge in [-0.05, 0) is 17.7 Å². The third-order valence-electron chi connectivity index (χ3n) is 2.05. The number of alkyl halides is 1. The predicted molar refractivity (Wildman–Crippen MR) is 64.9 cm³/mol. The minimum Gasteiger partial charge on any atom is -0.489 e. The first kappa shape index (κ1) is 13.3. The van der Waals surface area contributed by atoms with Crippen molar-refractivity contribution in [1.82, 2.24) is 5.32 Å². The molecule has 0 aliphatic heterocycles. The molecular formula is C12H17ClFNO. The van der Waals surface area contributed by atoms with Crippen LogP contribution in [0.4, 0.5) is 4.39 Å². The Hall–Kier alpha value is -0.800. The van der Waals surface area contributed by atoms with Gasteiger partial charge in [-0.2, -0.15) is 0 Å². The summed E-state index contributed by atoms with van der Waals surface area (Å²) in [6.07, 6.45) is 0. The fourth-order valence-corrected chi connectivity index (χ4v) is 1.50. The summed E-state index contributed by atoms with van der Waals surface area (Å²) in [6, 6.07) is 5.97. The molecule has 0 amide bonds. The highest BCUT2D eigenvalue weighted by Gasteiger charge is 2.03. The Balaban J connectivity index is 2.59. The van der Waals surface area contributed by atoms with E-state index in [0.717, 1.165) is 12.1 Å². The van der Waals surface area contributed by atoms with Crippen LogP contribution in [0.3, 0.4) is 0 Å². The van der Waals surface area contributed by atoms with Crippen molar-refractivity contribution in [2.45, 2.75) is 26.4 Å². The van der Waals surface area contributed by atoms with Crippen molar-refractivity contribution in [3.05, 3.63) is 28.8 Å². The van der Waals surface area contributed by atoms with Gasteiger partial charge in [0.25, 0.3) is 0 Å². The van der Waals surface area contributed by atoms with E-state index in [0.29, 0.717) is 16.8 Å². The topological polar surface area (TPSA) is 21.3 Å². The number of hydrogen-bond donors (Lipinski definition) is 1. The van der Waals surface area contributed by atoms with E-state index in [1.165, 1.54) is 0 Å². The summed E-state index contributed by atoms with van der Waals surface area (Å²) in [7, 11) is 0. The first-order valence-corrected chi connectivity index (χ1v) is 5.72. The third kappa shape index (κ3) is 4.37. The van der Waals surface area contributed by atoms with Crippen LogP contribution in [0.15, 0.2) is 18.2 Å². The van der Waals surface area contributed by atoms with Gasteiger partial charge in [-0.15, -0.1) is 0 Å². The van der Waals surface area contributed by atoms with Gasteiger partial charge in [0.15, 0.2) is 0 Å². The Kier molecular flexibility index (Phi) is 5.56. The maximum Gasteiger partial charge on any atom is 0.138 e. The van der Waals surface area contributed by atoms with Crippen LogP contribution in [0.1, 0.15) is 19.4 Å². The van der Waals surface area contributed by atoms with Gasteiger partial charge in [-0.25, -0.2) is 4.39 Å². The number of halogens is 2. The van der Waals surface area contributed by atoms with Gasteiger partial charge >= 0.3 is 0 Å². The molecule has 0 aliphatic carbocycles. The fourth-order valence-electron chi connectivity index (χ4n) is 1.24. The molecule has 1 rings (SSSR count). The Morgan fingerprint density at radius 2 is 2.19 bits per heavy atom. The Morgan fingerprint density at radius 3 is 2.75 bits per heavy atom. The van der Waals surface area contributed by atoms with Gasteiger partial charge in [0.05, 0.1) is 5.02 Å². The lowest BCUT2D eigenvalue weighted by Gasteiger charge is -2.10. The molecule has 0 aliphatic rings. The number of benzene rings is 1. The summed E-state index contributed by atoms with van der Waals surface area (Å²) in [5.74, 6) is 0.535. The molecule has 0 saturated carbocycles. The van der Waals surface area contributed by atoms with Crippen molar-refractivity contribution in [3.63, 3.8) is 0 Å². The van der Waals surface area contributed by atoms with Gasteiger partial charge in [0.2, 0.25) is 0 Å². The van der Waals surface area contributed by atoms with Gasteiger partial charge in [0.1, 0.15) is 19.0 Å². The lowest BCUT2D eigenvalue weighted by Crippen LogP contribution is -2.21. The number of rotatable bonds is 6. The molecule has 0 heterocycles. The summed E-state index contributed by atoms with van der Waals surface area (Å²) >= 11 is 6.01. The molecule has 0 aromatic heterocycles. The largest absolute Gasteiger partial charge is 0.489 e. The zero-order valence-electron chi connectivity index (χ0n) is 9.59. The van der Waals surface area contributed by atoms with Crippen molar-refractivity contribution < 1.29 is 9.13 Å². The Morgan fingerprint density at radius 1 is 1.44 bits per heavy atom. The van der Waals surface area contributed by atoms with Gasteiger partial charge in [0, 0.05) is 12.6 Å². The quantitative estimate of drug-likeness (QED) is 0.831. The molecule has 0 unspecified atom stereocenters. The zero-order valence-corrected chi connectivity index (χ0v) is 10.4. The van der Waals surface area contributed by atoms with E-state index in [1.54, 1.807) is 6.07 Å². The highest BCUT2D eigenvalue weighted by Crippen LogP contribution is 2.25. The summed E-state index contributed by atoms with van der Waals surface area (Å²) in [5.41, 5.74) is 1.09. The van der Waals surface area contributed by atoms with Crippen molar-refractivity contribution in [1.29, 1.82) is 0 Å². The summed E-state index contributed by atoms with van der Waals surface area (Å²) in [6.45, 7) is 4.47.